The molecule has 258 valence electrons. The Morgan fingerprint density at radius 2 is 1.52 bits per heavy atom. The Labute approximate surface area is 281 Å². The number of rotatable bonds is 7. The van der Waals surface area contributed by atoms with E-state index >= 15 is 0 Å². The van der Waals surface area contributed by atoms with Crippen molar-refractivity contribution in [2.45, 2.75) is 82.3 Å². The lowest BCUT2D eigenvalue weighted by Crippen LogP contribution is -2.71. The van der Waals surface area contributed by atoms with E-state index in [0.717, 1.165) is 28.7 Å². The summed E-state index contributed by atoms with van der Waals surface area (Å²) in [6, 6.07) is 15.7. The molecule has 3 aliphatic heterocycles. The molecule has 0 bridgehead atoms. The molecule has 4 fully saturated rings. The van der Waals surface area contributed by atoms with Gasteiger partial charge in [-0.2, -0.15) is 0 Å². The molecule has 0 N–H and O–H groups in total. The van der Waals surface area contributed by atoms with Crippen LogP contribution < -0.4 is 0 Å². The molecule has 48 heavy (non-hydrogen) atoms. The van der Waals surface area contributed by atoms with Gasteiger partial charge in [-0.25, -0.2) is 13.6 Å². The normalized spacial score (nSPS) is 26.0. The molecule has 0 aromatic heterocycles. The number of nitrogens with zero attached hydrogens (tertiary/aromatic N) is 3. The molecule has 3 saturated heterocycles. The van der Waals surface area contributed by atoms with Gasteiger partial charge in [-0.3, -0.25) is 14.5 Å². The highest BCUT2D eigenvalue weighted by Gasteiger charge is 2.57. The molecule has 2 atom stereocenters. The number of amides is 3. The molecular weight excluding hydrogens is 616 g/mol. The summed E-state index contributed by atoms with van der Waals surface area (Å²) in [5.74, 6) is -2.89. The SMILES string of the molecule is CC(C)C1(C(=O)N(C)CC2CCC(F)(F)CC2)CN(C(=O)[C@@H]2CC[C@@]3(CCO3)CN2C(=O)OCC2c3ccccc3-c3ccccc32)C1. The maximum absolute atomic E-state index is 14.1. The van der Waals surface area contributed by atoms with Crippen LogP contribution in [0.25, 0.3) is 11.1 Å². The van der Waals surface area contributed by atoms with E-state index in [4.69, 9.17) is 9.47 Å². The summed E-state index contributed by atoms with van der Waals surface area (Å²) in [5, 5.41) is 0. The van der Waals surface area contributed by atoms with Crippen LogP contribution in [-0.4, -0.2) is 96.6 Å². The summed E-state index contributed by atoms with van der Waals surface area (Å²) in [4.78, 5) is 46.8. The Bertz CT molecular complexity index is 1510. The highest BCUT2D eigenvalue weighted by atomic mass is 19.3. The van der Waals surface area contributed by atoms with Crippen LogP contribution in [0.3, 0.4) is 0 Å². The first kappa shape index (κ1) is 33.0. The second-order valence-corrected chi connectivity index (χ2v) is 15.3. The lowest BCUT2D eigenvalue weighted by molar-refractivity contribution is -0.189. The lowest BCUT2D eigenvalue weighted by atomic mass is 9.69. The van der Waals surface area contributed by atoms with Crippen molar-refractivity contribution in [1.82, 2.24) is 14.7 Å². The Kier molecular flexibility index (Phi) is 8.53. The first-order valence-electron chi connectivity index (χ1n) is 17.6. The number of alkyl halides is 2. The van der Waals surface area contributed by atoms with Crippen molar-refractivity contribution in [2.24, 2.45) is 17.3 Å². The highest BCUT2D eigenvalue weighted by Crippen LogP contribution is 2.46. The number of piperidine rings is 1. The fourth-order valence-corrected chi connectivity index (χ4v) is 8.78. The van der Waals surface area contributed by atoms with Gasteiger partial charge in [0.25, 0.3) is 0 Å². The molecule has 2 aliphatic carbocycles. The van der Waals surface area contributed by atoms with Crippen molar-refractivity contribution < 1.29 is 32.6 Å². The number of benzene rings is 2. The molecule has 1 saturated carbocycles. The van der Waals surface area contributed by atoms with Crippen molar-refractivity contribution in [3.05, 3.63) is 59.7 Å². The Morgan fingerprint density at radius 1 is 0.917 bits per heavy atom. The zero-order chi connectivity index (χ0) is 33.8. The quantitative estimate of drug-likeness (QED) is 0.346. The van der Waals surface area contributed by atoms with Gasteiger partial charge in [0.1, 0.15) is 12.6 Å². The minimum atomic E-state index is -2.61. The molecule has 3 heterocycles. The van der Waals surface area contributed by atoms with E-state index in [9.17, 15) is 23.2 Å². The van der Waals surface area contributed by atoms with Gasteiger partial charge in [-0.15, -0.1) is 0 Å². The van der Waals surface area contributed by atoms with Crippen LogP contribution in [0.15, 0.2) is 48.5 Å². The molecule has 2 aromatic rings. The van der Waals surface area contributed by atoms with E-state index in [1.54, 1.807) is 21.7 Å². The third-order valence-corrected chi connectivity index (χ3v) is 12.0. The van der Waals surface area contributed by atoms with Gasteiger partial charge in [-0.05, 0) is 59.8 Å². The van der Waals surface area contributed by atoms with Gasteiger partial charge in [-0.1, -0.05) is 62.4 Å². The van der Waals surface area contributed by atoms with Crippen molar-refractivity contribution in [2.75, 3.05) is 46.4 Å². The minimum absolute atomic E-state index is 0.0246. The van der Waals surface area contributed by atoms with Crippen LogP contribution in [0, 0.1) is 17.3 Å². The number of ether oxygens (including phenoxy) is 2. The number of halogens is 2. The largest absolute Gasteiger partial charge is 0.448 e. The molecule has 10 heteroatoms. The average Bonchev–Trinajstić information content (AvgIpc) is 3.36. The summed E-state index contributed by atoms with van der Waals surface area (Å²) in [5.41, 5.74) is 3.35. The standard InChI is InChI=1S/C38H47F2N3O5/c1-25(2)37(34(45)41(3)20-26-12-16-38(39,40)17-13-26)23-42(24-37)33(44)32-14-15-36(18-19-48-36)22-43(32)35(46)47-21-31-29-10-6-4-8-27(29)28-9-5-7-11-30(28)31/h4-11,25-26,31-32H,12-24H2,1-3H3/t32-,36+/m0/s1. The second-order valence-electron chi connectivity index (χ2n) is 15.3. The van der Waals surface area contributed by atoms with Crippen LogP contribution in [0.2, 0.25) is 0 Å². The van der Waals surface area contributed by atoms with Gasteiger partial charge in [0.2, 0.25) is 17.7 Å². The maximum atomic E-state index is 14.1. The van der Waals surface area contributed by atoms with Gasteiger partial charge in [0, 0.05) is 51.9 Å². The Morgan fingerprint density at radius 3 is 2.08 bits per heavy atom. The van der Waals surface area contributed by atoms with Crippen molar-refractivity contribution >= 4 is 17.9 Å². The number of likely N-dealkylation sites (tertiary alicyclic amines) is 2. The van der Waals surface area contributed by atoms with Crippen LogP contribution in [0.5, 0.6) is 0 Å². The van der Waals surface area contributed by atoms with Crippen molar-refractivity contribution in [3.8, 4) is 11.1 Å². The monoisotopic (exact) mass is 663 g/mol. The third kappa shape index (κ3) is 5.77. The lowest BCUT2D eigenvalue weighted by Gasteiger charge is -2.55. The molecule has 8 nitrogen and oxygen atoms in total. The summed E-state index contributed by atoms with van der Waals surface area (Å²) in [7, 11) is 1.75. The summed E-state index contributed by atoms with van der Waals surface area (Å²) in [6.45, 7) is 6.07. The molecule has 0 unspecified atom stereocenters. The van der Waals surface area contributed by atoms with E-state index in [1.807, 2.05) is 38.1 Å². The number of carbonyl (C=O) groups is 3. The molecule has 3 amide bonds. The second kappa shape index (κ2) is 12.4. The fraction of sp³-hybridized carbons (Fsp3) is 0.605. The van der Waals surface area contributed by atoms with Gasteiger partial charge < -0.3 is 19.3 Å². The molecule has 7 rings (SSSR count). The summed E-state index contributed by atoms with van der Waals surface area (Å²) in [6.07, 6.45) is 2.01. The third-order valence-electron chi connectivity index (χ3n) is 12.0. The minimum Gasteiger partial charge on any atom is -0.448 e. The van der Waals surface area contributed by atoms with E-state index in [-0.39, 0.29) is 62.1 Å². The van der Waals surface area contributed by atoms with Gasteiger partial charge >= 0.3 is 6.09 Å². The number of hydrogen-bond acceptors (Lipinski definition) is 5. The maximum Gasteiger partial charge on any atom is 0.410 e. The van der Waals surface area contributed by atoms with E-state index < -0.39 is 29.1 Å². The number of hydrogen-bond donors (Lipinski definition) is 0. The molecule has 0 radical (unpaired) electrons. The zero-order valence-corrected chi connectivity index (χ0v) is 28.3. The fourth-order valence-electron chi connectivity index (χ4n) is 8.78. The molecule has 2 aromatic carbocycles. The van der Waals surface area contributed by atoms with Crippen molar-refractivity contribution in [3.63, 3.8) is 0 Å². The first-order valence-corrected chi connectivity index (χ1v) is 17.6. The summed E-state index contributed by atoms with van der Waals surface area (Å²) >= 11 is 0. The highest BCUT2D eigenvalue weighted by molar-refractivity contribution is 5.91. The molecule has 1 spiro atoms. The van der Waals surface area contributed by atoms with Crippen LogP contribution in [-0.2, 0) is 19.1 Å². The van der Waals surface area contributed by atoms with Gasteiger partial charge in [0.05, 0.1) is 24.2 Å². The first-order chi connectivity index (χ1) is 22.9. The molecular formula is C38H47F2N3O5. The topological polar surface area (TPSA) is 79.4 Å². The molecule has 5 aliphatic rings. The summed E-state index contributed by atoms with van der Waals surface area (Å²) < 4.78 is 39.4. The Hall–Kier alpha value is -3.53. The Balaban J connectivity index is 1.02. The van der Waals surface area contributed by atoms with Crippen molar-refractivity contribution in [1.29, 1.82) is 0 Å². The van der Waals surface area contributed by atoms with Crippen LogP contribution in [0.1, 0.15) is 75.8 Å². The van der Waals surface area contributed by atoms with E-state index in [1.165, 1.54) is 0 Å². The zero-order valence-electron chi connectivity index (χ0n) is 28.3. The van der Waals surface area contributed by atoms with E-state index in [0.29, 0.717) is 45.4 Å². The smallest absolute Gasteiger partial charge is 0.410 e. The van der Waals surface area contributed by atoms with Crippen LogP contribution >= 0.6 is 0 Å². The number of fused-ring (bicyclic) bond motifs is 3. The van der Waals surface area contributed by atoms with Crippen LogP contribution in [0.4, 0.5) is 13.6 Å². The van der Waals surface area contributed by atoms with Gasteiger partial charge in [0.15, 0.2) is 0 Å². The predicted molar refractivity (Wildman–Crippen MR) is 176 cm³/mol. The average molecular weight is 664 g/mol. The predicted octanol–water partition coefficient (Wildman–Crippen LogP) is 6.33. The number of carbonyl (C=O) groups excluding carboxylic acids is 3. The van der Waals surface area contributed by atoms with E-state index in [2.05, 4.69) is 24.3 Å².